The topological polar surface area (TPSA) is 82.8 Å². The number of methoxy groups -OCH3 is 1. The normalized spacial score (nSPS) is 10.8. The van der Waals surface area contributed by atoms with Gasteiger partial charge >= 0.3 is 11.6 Å². The molecule has 0 N–H and O–H groups in total. The lowest BCUT2D eigenvalue weighted by molar-refractivity contribution is -0.139. The van der Waals surface area contributed by atoms with Crippen molar-refractivity contribution >= 4 is 22.7 Å². The maximum absolute atomic E-state index is 12.7. The molecule has 0 aliphatic rings. The fourth-order valence-electron chi connectivity index (χ4n) is 3.85. The van der Waals surface area contributed by atoms with E-state index in [1.165, 1.54) is 7.11 Å². The van der Waals surface area contributed by atoms with Crippen molar-refractivity contribution in [2.75, 3.05) is 13.7 Å². The molecule has 0 bridgehead atoms. The molecule has 0 unspecified atom stereocenters. The van der Waals surface area contributed by atoms with Crippen LogP contribution in [0.2, 0.25) is 0 Å². The Morgan fingerprint density at radius 2 is 1.53 bits per heavy atom. The van der Waals surface area contributed by atoms with Gasteiger partial charge in [0.25, 0.3) is 0 Å². The van der Waals surface area contributed by atoms with E-state index in [1.54, 1.807) is 38.1 Å². The number of hydrogen-bond donors (Lipinski definition) is 0. The molecule has 6 nitrogen and oxygen atoms in total. The van der Waals surface area contributed by atoms with E-state index < -0.39 is 11.6 Å². The zero-order valence-corrected chi connectivity index (χ0v) is 19.2. The fourth-order valence-corrected chi connectivity index (χ4v) is 3.85. The van der Waals surface area contributed by atoms with Gasteiger partial charge in [-0.1, -0.05) is 54.6 Å². The van der Waals surface area contributed by atoms with Crippen LogP contribution in [0.3, 0.4) is 0 Å². The Hall–Kier alpha value is -4.19. The summed E-state index contributed by atoms with van der Waals surface area (Å²) in [6, 6.07) is 20.8. The molecule has 0 spiro atoms. The molecule has 1 aromatic heterocycles. The number of ketones is 1. The van der Waals surface area contributed by atoms with Gasteiger partial charge in [0, 0.05) is 16.5 Å². The Labute approximate surface area is 196 Å². The number of rotatable bonds is 7. The van der Waals surface area contributed by atoms with Gasteiger partial charge in [0.1, 0.15) is 11.3 Å². The SMILES string of the molecule is COC(=O)Cc1c(C)c2ccc(OCC(=O)c3ccc(-c4ccccc4)cc3)c(C)c2oc1=O. The molecular weight excluding hydrogens is 432 g/mol. The summed E-state index contributed by atoms with van der Waals surface area (Å²) in [6.07, 6.45) is -0.157. The van der Waals surface area contributed by atoms with E-state index in [9.17, 15) is 14.4 Å². The van der Waals surface area contributed by atoms with E-state index in [2.05, 4.69) is 4.74 Å². The van der Waals surface area contributed by atoms with Crippen LogP contribution in [-0.2, 0) is 16.0 Å². The summed E-state index contributed by atoms with van der Waals surface area (Å²) >= 11 is 0. The van der Waals surface area contributed by atoms with Gasteiger partial charge in [-0.05, 0) is 42.7 Å². The molecule has 6 heteroatoms. The highest BCUT2D eigenvalue weighted by atomic mass is 16.5. The second kappa shape index (κ2) is 9.75. The molecule has 0 saturated heterocycles. The Morgan fingerprint density at radius 1 is 0.853 bits per heavy atom. The van der Waals surface area contributed by atoms with Crippen LogP contribution in [0.15, 0.2) is 75.9 Å². The molecule has 172 valence electrons. The first-order valence-electron chi connectivity index (χ1n) is 10.8. The lowest BCUT2D eigenvalue weighted by Gasteiger charge is -2.13. The van der Waals surface area contributed by atoms with Crippen molar-refractivity contribution in [3.8, 4) is 16.9 Å². The van der Waals surface area contributed by atoms with Crippen LogP contribution >= 0.6 is 0 Å². The molecule has 3 aromatic carbocycles. The predicted molar refractivity (Wildman–Crippen MR) is 129 cm³/mol. The van der Waals surface area contributed by atoms with Gasteiger partial charge in [0.05, 0.1) is 19.1 Å². The molecule has 0 fully saturated rings. The van der Waals surface area contributed by atoms with Gasteiger partial charge in [0.2, 0.25) is 0 Å². The lowest BCUT2D eigenvalue weighted by atomic mass is 10.0. The quantitative estimate of drug-likeness (QED) is 0.220. The smallest absolute Gasteiger partial charge is 0.340 e. The van der Waals surface area contributed by atoms with Crippen LogP contribution in [0.25, 0.3) is 22.1 Å². The second-order valence-corrected chi connectivity index (χ2v) is 7.97. The molecule has 0 radical (unpaired) electrons. The van der Waals surface area contributed by atoms with Crippen LogP contribution in [0, 0.1) is 13.8 Å². The Bertz CT molecular complexity index is 1420. The average Bonchev–Trinajstić information content (AvgIpc) is 2.86. The summed E-state index contributed by atoms with van der Waals surface area (Å²) in [6.45, 7) is 3.37. The minimum Gasteiger partial charge on any atom is -0.485 e. The summed E-state index contributed by atoms with van der Waals surface area (Å²) in [5.74, 6) is -0.225. The van der Waals surface area contributed by atoms with Crippen molar-refractivity contribution in [1.82, 2.24) is 0 Å². The number of fused-ring (bicyclic) bond motifs is 1. The molecule has 4 rings (SSSR count). The average molecular weight is 456 g/mol. The van der Waals surface area contributed by atoms with Crippen molar-refractivity contribution in [2.24, 2.45) is 0 Å². The van der Waals surface area contributed by atoms with E-state index in [0.29, 0.717) is 33.4 Å². The van der Waals surface area contributed by atoms with E-state index in [-0.39, 0.29) is 24.4 Å². The Kier molecular flexibility index (Phi) is 6.59. The highest BCUT2D eigenvalue weighted by Gasteiger charge is 2.18. The van der Waals surface area contributed by atoms with Crippen LogP contribution in [0.5, 0.6) is 5.75 Å². The van der Waals surface area contributed by atoms with Crippen LogP contribution in [0.4, 0.5) is 0 Å². The molecule has 34 heavy (non-hydrogen) atoms. The number of carbonyl (C=O) groups excluding carboxylic acids is 2. The number of aryl methyl sites for hydroxylation is 2. The van der Waals surface area contributed by atoms with Crippen molar-refractivity contribution in [3.05, 3.63) is 99.4 Å². The van der Waals surface area contributed by atoms with Crippen molar-refractivity contribution in [1.29, 1.82) is 0 Å². The highest BCUT2D eigenvalue weighted by molar-refractivity contribution is 5.97. The van der Waals surface area contributed by atoms with E-state index >= 15 is 0 Å². The third kappa shape index (κ3) is 4.62. The molecule has 4 aromatic rings. The lowest BCUT2D eigenvalue weighted by Crippen LogP contribution is -2.16. The van der Waals surface area contributed by atoms with Crippen LogP contribution in [0.1, 0.15) is 27.0 Å². The van der Waals surface area contributed by atoms with Crippen molar-refractivity contribution in [3.63, 3.8) is 0 Å². The first-order valence-corrected chi connectivity index (χ1v) is 10.8. The third-order valence-electron chi connectivity index (χ3n) is 5.88. The summed E-state index contributed by atoms with van der Waals surface area (Å²) in [7, 11) is 1.27. The highest BCUT2D eigenvalue weighted by Crippen LogP contribution is 2.30. The second-order valence-electron chi connectivity index (χ2n) is 7.97. The zero-order chi connectivity index (χ0) is 24.2. The van der Waals surface area contributed by atoms with Gasteiger partial charge < -0.3 is 13.9 Å². The number of hydrogen-bond acceptors (Lipinski definition) is 6. The molecule has 0 saturated carbocycles. The van der Waals surface area contributed by atoms with Gasteiger partial charge in [0.15, 0.2) is 12.4 Å². The first-order chi connectivity index (χ1) is 16.4. The number of ether oxygens (including phenoxy) is 2. The number of benzene rings is 3. The molecular formula is C28H24O6. The van der Waals surface area contributed by atoms with Crippen molar-refractivity contribution < 1.29 is 23.5 Å². The Morgan fingerprint density at radius 3 is 2.21 bits per heavy atom. The number of carbonyl (C=O) groups is 2. The monoisotopic (exact) mass is 456 g/mol. The van der Waals surface area contributed by atoms with Gasteiger partial charge in [-0.15, -0.1) is 0 Å². The van der Waals surface area contributed by atoms with Crippen LogP contribution < -0.4 is 10.4 Å². The summed E-state index contributed by atoms with van der Waals surface area (Å²) in [5, 5.41) is 0.700. The van der Waals surface area contributed by atoms with Crippen molar-refractivity contribution in [2.45, 2.75) is 20.3 Å². The maximum Gasteiger partial charge on any atom is 0.340 e. The summed E-state index contributed by atoms with van der Waals surface area (Å²) < 4.78 is 16.0. The molecule has 0 atom stereocenters. The predicted octanol–water partition coefficient (Wildman–Crippen LogP) is 5.05. The fraction of sp³-hybridized carbons (Fsp3) is 0.179. The van der Waals surface area contributed by atoms with E-state index in [1.807, 2.05) is 42.5 Å². The minimum absolute atomic E-state index is 0.152. The summed E-state index contributed by atoms with van der Waals surface area (Å²) in [4.78, 5) is 36.8. The van der Waals surface area contributed by atoms with Gasteiger partial charge in [-0.2, -0.15) is 0 Å². The standard InChI is InChI=1S/C28H24O6/c1-17-22-13-14-25(18(2)27(22)34-28(31)23(17)15-26(30)32-3)33-16-24(29)21-11-9-20(10-12-21)19-7-5-4-6-8-19/h4-14H,15-16H2,1-3H3. The molecule has 0 aliphatic carbocycles. The molecule has 1 heterocycles. The third-order valence-corrected chi connectivity index (χ3v) is 5.88. The van der Waals surface area contributed by atoms with Crippen LogP contribution in [-0.4, -0.2) is 25.5 Å². The zero-order valence-electron chi connectivity index (χ0n) is 19.2. The van der Waals surface area contributed by atoms with Gasteiger partial charge in [-0.3, -0.25) is 9.59 Å². The maximum atomic E-state index is 12.7. The number of esters is 1. The van der Waals surface area contributed by atoms with E-state index in [0.717, 1.165) is 11.1 Å². The summed E-state index contributed by atoms with van der Waals surface area (Å²) in [5.41, 5.74) is 3.96. The van der Waals surface area contributed by atoms with E-state index in [4.69, 9.17) is 9.15 Å². The molecule has 0 aliphatic heterocycles. The van der Waals surface area contributed by atoms with Gasteiger partial charge in [-0.25, -0.2) is 4.79 Å². The number of Topliss-reactive ketones (excluding diaryl/α,β-unsaturated/α-hetero) is 1. The largest absolute Gasteiger partial charge is 0.485 e. The Balaban J connectivity index is 1.52. The first kappa shape index (κ1) is 23.0. The molecule has 0 amide bonds. The minimum atomic E-state index is -0.592.